The fourth-order valence-electron chi connectivity index (χ4n) is 5.69. The van der Waals surface area contributed by atoms with Crippen molar-refractivity contribution in [3.63, 3.8) is 0 Å². The number of aliphatic imine (C=N–C) groups is 1. The van der Waals surface area contributed by atoms with Gasteiger partial charge in [-0.15, -0.1) is 0 Å². The highest BCUT2D eigenvalue weighted by Gasteiger charge is 2.63. The molecule has 0 spiro atoms. The third kappa shape index (κ3) is 5.90. The van der Waals surface area contributed by atoms with Crippen molar-refractivity contribution in [2.45, 2.75) is 63.5 Å². The number of ketones is 1. The number of nitrogens with one attached hydrogen (secondary N) is 2. The summed E-state index contributed by atoms with van der Waals surface area (Å²) in [5.41, 5.74) is 0.475. The van der Waals surface area contributed by atoms with Crippen LogP contribution in [0.4, 0.5) is 0 Å². The van der Waals surface area contributed by atoms with E-state index in [1.54, 1.807) is 42.5 Å². The highest BCUT2D eigenvalue weighted by Crippen LogP contribution is 2.55. The van der Waals surface area contributed by atoms with E-state index in [9.17, 15) is 18.0 Å². The number of benzene rings is 2. The van der Waals surface area contributed by atoms with Gasteiger partial charge in [0.05, 0.1) is 12.3 Å². The van der Waals surface area contributed by atoms with Crippen molar-refractivity contribution in [1.82, 2.24) is 15.0 Å². The molecular weight excluding hydrogens is 516 g/mol. The molecule has 2 aromatic carbocycles. The molecule has 2 aliphatic rings. The van der Waals surface area contributed by atoms with Gasteiger partial charge in [-0.05, 0) is 36.8 Å². The van der Waals surface area contributed by atoms with Gasteiger partial charge in [0.1, 0.15) is 16.9 Å². The van der Waals surface area contributed by atoms with E-state index in [0.29, 0.717) is 35.4 Å². The molecule has 1 amide bonds. The molecule has 0 bridgehead atoms. The molecule has 39 heavy (non-hydrogen) atoms. The maximum atomic E-state index is 14.0. The Labute approximate surface area is 228 Å². The van der Waals surface area contributed by atoms with Crippen LogP contribution in [0.3, 0.4) is 0 Å². The molecule has 10 heteroatoms. The first-order valence-corrected chi connectivity index (χ1v) is 15.4. The van der Waals surface area contributed by atoms with E-state index < -0.39 is 27.4 Å². The number of carbonyl (C=O) groups is 2. The van der Waals surface area contributed by atoms with Crippen molar-refractivity contribution in [2.24, 2.45) is 16.8 Å². The third-order valence-corrected chi connectivity index (χ3v) is 8.34. The second-order valence-electron chi connectivity index (χ2n) is 10.6. The molecule has 1 aromatic heterocycles. The quantitative estimate of drug-likeness (QED) is 0.233. The summed E-state index contributed by atoms with van der Waals surface area (Å²) in [6.07, 6.45) is 7.29. The van der Waals surface area contributed by atoms with Gasteiger partial charge in [0.25, 0.3) is 5.89 Å². The van der Waals surface area contributed by atoms with Gasteiger partial charge in [-0.3, -0.25) is 19.3 Å². The van der Waals surface area contributed by atoms with Gasteiger partial charge in [0.2, 0.25) is 21.7 Å². The first-order valence-electron chi connectivity index (χ1n) is 13.5. The van der Waals surface area contributed by atoms with Gasteiger partial charge in [-0.1, -0.05) is 81.5 Å². The Morgan fingerprint density at radius 1 is 1.08 bits per heavy atom. The summed E-state index contributed by atoms with van der Waals surface area (Å²) in [6, 6.07) is 15.2. The molecule has 3 atom stereocenters. The number of aromatic nitrogens is 1. The molecule has 0 radical (unpaired) electrons. The van der Waals surface area contributed by atoms with Crippen molar-refractivity contribution in [3.8, 4) is 0 Å². The zero-order chi connectivity index (χ0) is 27.6. The van der Waals surface area contributed by atoms with Crippen LogP contribution in [0.25, 0.3) is 11.1 Å². The van der Waals surface area contributed by atoms with Gasteiger partial charge in [-0.2, -0.15) is 0 Å². The second kappa shape index (κ2) is 10.9. The van der Waals surface area contributed by atoms with E-state index in [4.69, 9.17) is 9.41 Å². The zero-order valence-corrected chi connectivity index (χ0v) is 23.0. The average Bonchev–Trinajstić information content (AvgIpc) is 3.50. The molecule has 1 heterocycles. The number of amides is 1. The summed E-state index contributed by atoms with van der Waals surface area (Å²) in [7, 11) is -3.66. The van der Waals surface area contributed by atoms with E-state index >= 15 is 0 Å². The van der Waals surface area contributed by atoms with Crippen molar-refractivity contribution in [3.05, 3.63) is 66.1 Å². The van der Waals surface area contributed by atoms with Crippen LogP contribution in [0, 0.1) is 11.8 Å². The first kappa shape index (κ1) is 27.1. The largest absolute Gasteiger partial charge is 0.434 e. The molecule has 3 aromatic rings. The Balaban J connectivity index is 1.47. The predicted molar refractivity (Wildman–Crippen MR) is 149 cm³/mol. The number of nitrogens with zero attached hydrogens (tertiary/aromatic N) is 2. The van der Waals surface area contributed by atoms with Gasteiger partial charge >= 0.3 is 0 Å². The minimum absolute atomic E-state index is 0.0326. The standard InChI is InChI=1S/C29H34N4O5S/c1-3-22(25(34)27-30-23-16-10-11-17-24(23)38-27)31-28(35)29(18-21(29)19-12-6-4-7-13-19)32-26(33-39(2,36)37)20-14-8-5-9-15-20/h5,8-11,14-17,19,21-22H,3-4,6-7,12-13,18H2,1-2H3,(H,31,35)(H,32,33)/t21-,22?,29+/m0/s1. The van der Waals surface area contributed by atoms with Crippen molar-refractivity contribution in [2.75, 3.05) is 6.26 Å². The zero-order valence-electron chi connectivity index (χ0n) is 22.2. The molecule has 5 rings (SSSR count). The fourth-order valence-corrected chi connectivity index (χ4v) is 6.20. The summed E-state index contributed by atoms with van der Waals surface area (Å²) < 4.78 is 32.7. The normalized spacial score (nSPS) is 22.8. The number of sulfonamides is 1. The Kier molecular flexibility index (Phi) is 7.57. The molecule has 0 aliphatic heterocycles. The lowest BCUT2D eigenvalue weighted by atomic mass is 9.84. The van der Waals surface area contributed by atoms with Crippen molar-refractivity contribution in [1.29, 1.82) is 0 Å². The number of Topliss-reactive ketones (excluding diaryl/α,β-unsaturated/α-hetero) is 1. The number of hydrogen-bond acceptors (Lipinski definition) is 7. The maximum Gasteiger partial charge on any atom is 0.266 e. The number of para-hydroxylation sites is 2. The Hall–Kier alpha value is -3.53. The number of carbonyl (C=O) groups excluding carboxylic acids is 2. The number of hydrogen-bond donors (Lipinski definition) is 2. The number of fused-ring (bicyclic) bond motifs is 1. The summed E-state index contributed by atoms with van der Waals surface area (Å²) in [5, 5.41) is 2.93. The molecule has 206 valence electrons. The Morgan fingerprint density at radius 3 is 2.44 bits per heavy atom. The smallest absolute Gasteiger partial charge is 0.266 e. The lowest BCUT2D eigenvalue weighted by Gasteiger charge is -2.25. The molecule has 9 nitrogen and oxygen atoms in total. The molecular formula is C29H34N4O5S. The summed E-state index contributed by atoms with van der Waals surface area (Å²) in [5.74, 6) is -0.424. The number of rotatable bonds is 9. The lowest BCUT2D eigenvalue weighted by Crippen LogP contribution is -2.48. The van der Waals surface area contributed by atoms with Gasteiger partial charge in [0.15, 0.2) is 5.58 Å². The highest BCUT2D eigenvalue weighted by atomic mass is 32.2. The van der Waals surface area contributed by atoms with Crippen LogP contribution in [-0.2, 0) is 14.8 Å². The molecule has 2 fully saturated rings. The lowest BCUT2D eigenvalue weighted by molar-refractivity contribution is -0.124. The second-order valence-corrected chi connectivity index (χ2v) is 12.4. The van der Waals surface area contributed by atoms with Crippen LogP contribution < -0.4 is 10.0 Å². The van der Waals surface area contributed by atoms with Gasteiger partial charge in [0, 0.05) is 5.56 Å². The number of oxazole rings is 1. The minimum atomic E-state index is -3.66. The van der Waals surface area contributed by atoms with Crippen LogP contribution in [0.5, 0.6) is 0 Å². The average molecular weight is 551 g/mol. The maximum absolute atomic E-state index is 14.0. The molecule has 1 unspecified atom stereocenters. The van der Waals surface area contributed by atoms with Gasteiger partial charge < -0.3 is 9.73 Å². The third-order valence-electron chi connectivity index (χ3n) is 7.77. The van der Waals surface area contributed by atoms with Gasteiger partial charge in [-0.25, -0.2) is 13.4 Å². The van der Waals surface area contributed by atoms with Crippen molar-refractivity contribution >= 4 is 38.6 Å². The Bertz CT molecular complexity index is 1460. The van der Waals surface area contributed by atoms with Crippen LogP contribution in [0.2, 0.25) is 0 Å². The van der Waals surface area contributed by atoms with E-state index in [1.807, 2.05) is 19.1 Å². The molecule has 2 saturated carbocycles. The SMILES string of the molecule is CCC(NC(=O)[C@@]1(N=C(NS(C)(=O)=O)c2ccccc2)C[C@H]1C1CCCCC1)C(=O)c1nc2ccccc2o1. The molecule has 2 N–H and O–H groups in total. The first-order chi connectivity index (χ1) is 18.7. The van der Waals surface area contributed by atoms with E-state index in [-0.39, 0.29) is 23.6 Å². The topological polar surface area (TPSA) is 131 Å². The Morgan fingerprint density at radius 2 is 1.77 bits per heavy atom. The van der Waals surface area contributed by atoms with Crippen molar-refractivity contribution < 1.29 is 22.4 Å². The van der Waals surface area contributed by atoms with Crippen LogP contribution in [0.1, 0.15) is 68.1 Å². The summed E-state index contributed by atoms with van der Waals surface area (Å²) in [6.45, 7) is 1.81. The molecule has 0 saturated heterocycles. The summed E-state index contributed by atoms with van der Waals surface area (Å²) in [4.78, 5) is 36.5. The van der Waals surface area contributed by atoms with Crippen LogP contribution in [-0.4, -0.2) is 48.8 Å². The minimum Gasteiger partial charge on any atom is -0.434 e. The summed E-state index contributed by atoms with van der Waals surface area (Å²) >= 11 is 0. The number of amidine groups is 1. The highest BCUT2D eigenvalue weighted by molar-refractivity contribution is 7.89. The fraction of sp³-hybridized carbons (Fsp3) is 0.448. The van der Waals surface area contributed by atoms with Crippen LogP contribution in [0.15, 0.2) is 64.0 Å². The van der Waals surface area contributed by atoms with E-state index in [1.165, 1.54) is 6.42 Å². The monoisotopic (exact) mass is 550 g/mol. The van der Waals surface area contributed by atoms with E-state index in [2.05, 4.69) is 15.0 Å². The van der Waals surface area contributed by atoms with Crippen LogP contribution >= 0.6 is 0 Å². The predicted octanol–water partition coefficient (Wildman–Crippen LogP) is 4.24. The van der Waals surface area contributed by atoms with E-state index in [0.717, 1.165) is 31.9 Å². The molecule has 2 aliphatic carbocycles.